The predicted molar refractivity (Wildman–Crippen MR) is 73.5 cm³/mol. The van der Waals surface area contributed by atoms with Crippen molar-refractivity contribution in [1.29, 1.82) is 0 Å². The Balaban J connectivity index is 1.62. The van der Waals surface area contributed by atoms with Crippen LogP contribution in [0.4, 0.5) is 0 Å². The van der Waals surface area contributed by atoms with Crippen molar-refractivity contribution in [2.75, 3.05) is 0 Å². The highest BCUT2D eigenvalue weighted by Gasteiger charge is 2.19. The lowest BCUT2D eigenvalue weighted by Crippen LogP contribution is -2.34. The Kier molecular flexibility index (Phi) is 3.52. The van der Waals surface area contributed by atoms with Crippen molar-refractivity contribution in [2.24, 2.45) is 0 Å². The summed E-state index contributed by atoms with van der Waals surface area (Å²) in [6, 6.07) is 3.68. The number of hydrogen-bond donors (Lipinski definition) is 1. The average molecular weight is 297 g/mol. The molecule has 0 radical (unpaired) electrons. The lowest BCUT2D eigenvalue weighted by molar-refractivity contribution is 0.0937. The third kappa shape index (κ3) is 2.79. The number of carbonyl (C=O) groups excluding carboxylic acids is 1. The summed E-state index contributed by atoms with van der Waals surface area (Å²) in [6.45, 7) is 0.846. The highest BCUT2D eigenvalue weighted by Crippen LogP contribution is 2.22. The maximum Gasteiger partial charge on any atom is 0.261 e. The summed E-state index contributed by atoms with van der Waals surface area (Å²) in [4.78, 5) is 12.7. The topological polar surface area (TPSA) is 59.8 Å². The molecule has 1 aliphatic rings. The van der Waals surface area contributed by atoms with Gasteiger partial charge in [0.1, 0.15) is 12.2 Å². The zero-order valence-electron chi connectivity index (χ0n) is 10.2. The number of thiophene rings is 1. The fourth-order valence-electron chi connectivity index (χ4n) is 2.24. The SMILES string of the molecule is O=C(NC1CCc2nncn2CC1)c1ccc(Cl)s1. The Labute approximate surface area is 119 Å². The van der Waals surface area contributed by atoms with Crippen LogP contribution in [-0.2, 0) is 13.0 Å². The van der Waals surface area contributed by atoms with Crippen LogP contribution in [0.2, 0.25) is 4.34 Å². The lowest BCUT2D eigenvalue weighted by Gasteiger charge is -2.15. The monoisotopic (exact) mass is 296 g/mol. The van der Waals surface area contributed by atoms with Crippen molar-refractivity contribution < 1.29 is 4.79 Å². The van der Waals surface area contributed by atoms with Crippen molar-refractivity contribution in [1.82, 2.24) is 20.1 Å². The number of rotatable bonds is 2. The molecule has 100 valence electrons. The minimum absolute atomic E-state index is 0.0421. The van der Waals surface area contributed by atoms with Crippen molar-refractivity contribution in [2.45, 2.75) is 31.8 Å². The largest absolute Gasteiger partial charge is 0.349 e. The summed E-state index contributed by atoms with van der Waals surface area (Å²) >= 11 is 7.14. The first-order chi connectivity index (χ1) is 9.22. The van der Waals surface area contributed by atoms with E-state index in [-0.39, 0.29) is 11.9 Å². The number of nitrogens with zero attached hydrogens (tertiary/aromatic N) is 3. The smallest absolute Gasteiger partial charge is 0.261 e. The Morgan fingerprint density at radius 3 is 3.16 bits per heavy atom. The Bertz CT molecular complexity index is 572. The summed E-state index contributed by atoms with van der Waals surface area (Å²) in [5.74, 6) is 0.954. The molecule has 1 unspecified atom stereocenters. The Morgan fingerprint density at radius 1 is 1.47 bits per heavy atom. The number of aryl methyl sites for hydroxylation is 2. The molecule has 1 amide bonds. The maximum atomic E-state index is 12.1. The first-order valence-corrected chi connectivity index (χ1v) is 7.35. The van der Waals surface area contributed by atoms with Gasteiger partial charge in [0.25, 0.3) is 5.91 Å². The van der Waals surface area contributed by atoms with Gasteiger partial charge in [0.15, 0.2) is 0 Å². The van der Waals surface area contributed by atoms with E-state index in [4.69, 9.17) is 11.6 Å². The second kappa shape index (κ2) is 5.30. The van der Waals surface area contributed by atoms with E-state index in [1.165, 1.54) is 11.3 Å². The zero-order valence-corrected chi connectivity index (χ0v) is 11.7. The van der Waals surface area contributed by atoms with Crippen LogP contribution in [-0.4, -0.2) is 26.7 Å². The number of hydrogen-bond acceptors (Lipinski definition) is 4. The fourth-order valence-corrected chi connectivity index (χ4v) is 3.19. The van der Waals surface area contributed by atoms with Gasteiger partial charge in [-0.3, -0.25) is 4.79 Å². The molecule has 7 heteroatoms. The predicted octanol–water partition coefficient (Wildman–Crippen LogP) is 2.13. The van der Waals surface area contributed by atoms with E-state index in [2.05, 4.69) is 15.5 Å². The molecule has 0 bridgehead atoms. The van der Waals surface area contributed by atoms with E-state index in [1.54, 1.807) is 18.5 Å². The third-order valence-electron chi connectivity index (χ3n) is 3.26. The molecule has 0 fully saturated rings. The summed E-state index contributed by atoms with van der Waals surface area (Å²) in [7, 11) is 0. The van der Waals surface area contributed by atoms with Gasteiger partial charge in [0.2, 0.25) is 0 Å². The highest BCUT2D eigenvalue weighted by molar-refractivity contribution is 7.17. The number of amides is 1. The summed E-state index contributed by atoms with van der Waals surface area (Å²) in [6.07, 6.45) is 4.38. The molecule has 0 saturated heterocycles. The zero-order chi connectivity index (χ0) is 13.2. The standard InChI is InChI=1S/C12H13ClN4OS/c13-10-3-2-9(19-10)12(18)15-8-1-4-11-16-14-7-17(11)6-5-8/h2-3,7-8H,1,4-6H2,(H,15,18). The molecular formula is C12H13ClN4OS. The number of aromatic nitrogens is 3. The molecule has 3 rings (SSSR count). The van der Waals surface area contributed by atoms with Gasteiger partial charge in [-0.25, -0.2) is 0 Å². The summed E-state index contributed by atoms with van der Waals surface area (Å²) in [5.41, 5.74) is 0. The summed E-state index contributed by atoms with van der Waals surface area (Å²) < 4.78 is 2.69. The maximum absolute atomic E-state index is 12.1. The van der Waals surface area contributed by atoms with E-state index in [0.29, 0.717) is 9.21 Å². The van der Waals surface area contributed by atoms with Crippen LogP contribution < -0.4 is 5.32 Å². The van der Waals surface area contributed by atoms with Gasteiger partial charge in [-0.2, -0.15) is 0 Å². The molecule has 0 spiro atoms. The van der Waals surface area contributed by atoms with Gasteiger partial charge in [-0.15, -0.1) is 21.5 Å². The van der Waals surface area contributed by atoms with Gasteiger partial charge in [-0.05, 0) is 25.0 Å². The number of fused-ring (bicyclic) bond motifs is 1. The molecular weight excluding hydrogens is 284 g/mol. The molecule has 5 nitrogen and oxygen atoms in total. The van der Waals surface area contributed by atoms with Crippen LogP contribution in [0.5, 0.6) is 0 Å². The molecule has 0 saturated carbocycles. The average Bonchev–Trinajstić information content (AvgIpc) is 2.98. The number of nitrogens with one attached hydrogen (secondary N) is 1. The van der Waals surface area contributed by atoms with Crippen molar-refractivity contribution >= 4 is 28.8 Å². The minimum atomic E-state index is -0.0421. The summed E-state index contributed by atoms with van der Waals surface area (Å²) in [5, 5.41) is 11.0. The Morgan fingerprint density at radius 2 is 2.37 bits per heavy atom. The second-order valence-electron chi connectivity index (χ2n) is 4.54. The molecule has 0 aliphatic carbocycles. The highest BCUT2D eigenvalue weighted by atomic mass is 35.5. The van der Waals surface area contributed by atoms with Crippen LogP contribution in [0.15, 0.2) is 18.5 Å². The van der Waals surface area contributed by atoms with E-state index >= 15 is 0 Å². The second-order valence-corrected chi connectivity index (χ2v) is 6.26. The molecule has 1 aliphatic heterocycles. The first kappa shape index (κ1) is 12.6. The number of carbonyl (C=O) groups is 1. The number of halogens is 1. The van der Waals surface area contributed by atoms with Gasteiger partial charge in [-0.1, -0.05) is 11.6 Å². The van der Waals surface area contributed by atoms with Crippen LogP contribution in [0.25, 0.3) is 0 Å². The molecule has 3 heterocycles. The molecule has 2 aromatic heterocycles. The lowest BCUT2D eigenvalue weighted by atomic mass is 10.1. The van der Waals surface area contributed by atoms with Crippen LogP contribution >= 0.6 is 22.9 Å². The van der Waals surface area contributed by atoms with Gasteiger partial charge in [0.05, 0.1) is 9.21 Å². The fraction of sp³-hybridized carbons (Fsp3) is 0.417. The Hall–Kier alpha value is -1.40. The molecule has 0 aromatic carbocycles. The third-order valence-corrected chi connectivity index (χ3v) is 4.49. The normalized spacial score (nSPS) is 18.7. The van der Waals surface area contributed by atoms with E-state index < -0.39 is 0 Å². The van der Waals surface area contributed by atoms with Gasteiger partial charge >= 0.3 is 0 Å². The van der Waals surface area contributed by atoms with Crippen molar-refractivity contribution in [3.8, 4) is 0 Å². The quantitative estimate of drug-likeness (QED) is 0.923. The molecule has 1 N–H and O–H groups in total. The van der Waals surface area contributed by atoms with Gasteiger partial charge in [0, 0.05) is 19.0 Å². The van der Waals surface area contributed by atoms with Crippen LogP contribution in [0.1, 0.15) is 28.3 Å². The minimum Gasteiger partial charge on any atom is -0.349 e. The van der Waals surface area contributed by atoms with E-state index in [0.717, 1.165) is 31.6 Å². The van der Waals surface area contributed by atoms with Crippen LogP contribution in [0, 0.1) is 0 Å². The van der Waals surface area contributed by atoms with E-state index in [1.807, 2.05) is 4.57 Å². The molecule has 19 heavy (non-hydrogen) atoms. The molecule has 2 aromatic rings. The van der Waals surface area contributed by atoms with Crippen LogP contribution in [0.3, 0.4) is 0 Å². The first-order valence-electron chi connectivity index (χ1n) is 6.15. The van der Waals surface area contributed by atoms with Crippen molar-refractivity contribution in [3.63, 3.8) is 0 Å². The van der Waals surface area contributed by atoms with E-state index in [9.17, 15) is 4.79 Å². The van der Waals surface area contributed by atoms with Crippen molar-refractivity contribution in [3.05, 3.63) is 33.5 Å². The van der Waals surface area contributed by atoms with Gasteiger partial charge < -0.3 is 9.88 Å². The molecule has 1 atom stereocenters.